The van der Waals surface area contributed by atoms with E-state index in [-0.39, 0.29) is 18.2 Å². The lowest BCUT2D eigenvalue weighted by atomic mass is 10.0. The molecule has 0 aliphatic heterocycles. The highest BCUT2D eigenvalue weighted by atomic mass is 16.5. The zero-order valence-corrected chi connectivity index (χ0v) is 16.8. The molecule has 3 aromatic carbocycles. The summed E-state index contributed by atoms with van der Waals surface area (Å²) in [6.07, 6.45) is 0.0882. The van der Waals surface area contributed by atoms with E-state index in [1.54, 1.807) is 13.2 Å². The number of para-hydroxylation sites is 1. The number of benzene rings is 3. The fraction of sp³-hybridized carbons (Fsp3) is 0.167. The van der Waals surface area contributed by atoms with Gasteiger partial charge < -0.3 is 19.8 Å². The van der Waals surface area contributed by atoms with E-state index in [9.17, 15) is 9.59 Å². The van der Waals surface area contributed by atoms with Gasteiger partial charge in [-0.3, -0.25) is 9.59 Å². The monoisotopic (exact) mass is 402 g/mol. The average Bonchev–Trinajstić information content (AvgIpc) is 3.10. The number of fused-ring (bicyclic) bond motifs is 3. The number of carbonyl (C=O) groups excluding carboxylic acids is 2. The first-order chi connectivity index (χ1) is 14.5. The smallest absolute Gasteiger partial charge is 0.226 e. The van der Waals surface area contributed by atoms with Crippen LogP contribution in [0, 0.1) is 0 Å². The molecule has 30 heavy (non-hydrogen) atoms. The molecule has 6 nitrogen and oxygen atoms in total. The minimum atomic E-state index is -0.426. The molecule has 4 aromatic rings. The molecule has 1 heterocycles. The Kier molecular flexibility index (Phi) is 5.39. The van der Waals surface area contributed by atoms with Crippen LogP contribution in [0.3, 0.4) is 0 Å². The van der Waals surface area contributed by atoms with Crippen LogP contribution in [-0.2, 0) is 9.59 Å². The van der Waals surface area contributed by atoms with Crippen LogP contribution in [0.2, 0.25) is 0 Å². The SMILES string of the molecule is COc1cc2c(cc1NC(=O)C[C@H](NC(C)=O)c1ccccc1)oc1ccccc12. The molecule has 4 rings (SSSR count). The number of hydrogen-bond donors (Lipinski definition) is 2. The molecule has 0 aliphatic carbocycles. The normalized spacial score (nSPS) is 11.9. The van der Waals surface area contributed by atoms with Crippen molar-refractivity contribution in [3.05, 3.63) is 72.3 Å². The van der Waals surface area contributed by atoms with E-state index >= 15 is 0 Å². The van der Waals surface area contributed by atoms with Gasteiger partial charge in [0.2, 0.25) is 11.8 Å². The molecule has 0 saturated carbocycles. The third-order valence-electron chi connectivity index (χ3n) is 4.94. The number of carbonyl (C=O) groups is 2. The molecule has 6 heteroatoms. The van der Waals surface area contributed by atoms with Gasteiger partial charge in [0.25, 0.3) is 0 Å². The predicted octanol–water partition coefficient (Wildman–Crippen LogP) is 4.80. The number of ether oxygens (including phenoxy) is 1. The van der Waals surface area contributed by atoms with Crippen molar-refractivity contribution in [3.63, 3.8) is 0 Å². The molecule has 0 radical (unpaired) electrons. The fourth-order valence-electron chi connectivity index (χ4n) is 3.59. The highest BCUT2D eigenvalue weighted by molar-refractivity contribution is 6.07. The lowest BCUT2D eigenvalue weighted by molar-refractivity contribution is -0.120. The molecule has 152 valence electrons. The number of amides is 2. The fourth-order valence-corrected chi connectivity index (χ4v) is 3.59. The molecule has 0 saturated heterocycles. The number of nitrogens with one attached hydrogen (secondary N) is 2. The van der Waals surface area contributed by atoms with Crippen molar-refractivity contribution in [2.75, 3.05) is 12.4 Å². The predicted molar refractivity (Wildman–Crippen MR) is 117 cm³/mol. The second-order valence-corrected chi connectivity index (χ2v) is 7.06. The Morgan fingerprint density at radius 3 is 2.43 bits per heavy atom. The third-order valence-corrected chi connectivity index (χ3v) is 4.94. The van der Waals surface area contributed by atoms with E-state index in [0.717, 1.165) is 21.9 Å². The zero-order valence-electron chi connectivity index (χ0n) is 16.8. The van der Waals surface area contributed by atoms with Crippen LogP contribution in [0.5, 0.6) is 5.75 Å². The minimum Gasteiger partial charge on any atom is -0.495 e. The van der Waals surface area contributed by atoms with Gasteiger partial charge >= 0.3 is 0 Å². The van der Waals surface area contributed by atoms with Gasteiger partial charge in [0, 0.05) is 23.8 Å². The van der Waals surface area contributed by atoms with Gasteiger partial charge in [0.05, 0.1) is 25.3 Å². The van der Waals surface area contributed by atoms with Crippen LogP contribution in [0.15, 0.2) is 71.1 Å². The molecular weight excluding hydrogens is 380 g/mol. The Morgan fingerprint density at radius 2 is 1.70 bits per heavy atom. The molecule has 2 amide bonds. The number of methoxy groups -OCH3 is 1. The van der Waals surface area contributed by atoms with E-state index in [4.69, 9.17) is 9.15 Å². The maximum atomic E-state index is 12.8. The van der Waals surface area contributed by atoms with Crippen LogP contribution in [0.25, 0.3) is 21.9 Å². The first kappa shape index (κ1) is 19.5. The summed E-state index contributed by atoms with van der Waals surface area (Å²) in [6, 6.07) is 20.4. The zero-order chi connectivity index (χ0) is 21.1. The summed E-state index contributed by atoms with van der Waals surface area (Å²) < 4.78 is 11.4. The molecular formula is C24H22N2O4. The van der Waals surface area contributed by atoms with Crippen LogP contribution in [-0.4, -0.2) is 18.9 Å². The van der Waals surface area contributed by atoms with Gasteiger partial charge in [-0.1, -0.05) is 48.5 Å². The number of anilines is 1. The Morgan fingerprint density at radius 1 is 0.967 bits per heavy atom. The van der Waals surface area contributed by atoms with Crippen LogP contribution in [0.1, 0.15) is 24.9 Å². The highest BCUT2D eigenvalue weighted by Gasteiger charge is 2.19. The summed E-state index contributed by atoms with van der Waals surface area (Å²) in [7, 11) is 1.56. The molecule has 0 spiro atoms. The van der Waals surface area contributed by atoms with Crippen molar-refractivity contribution < 1.29 is 18.7 Å². The van der Waals surface area contributed by atoms with Gasteiger partial charge in [-0.25, -0.2) is 0 Å². The second kappa shape index (κ2) is 8.29. The quantitative estimate of drug-likeness (QED) is 0.485. The molecule has 1 atom stereocenters. The van der Waals surface area contributed by atoms with Gasteiger partial charge in [0.1, 0.15) is 16.9 Å². The summed E-state index contributed by atoms with van der Waals surface area (Å²) in [5.74, 6) is 0.0995. The van der Waals surface area contributed by atoms with E-state index in [1.165, 1.54) is 6.92 Å². The summed E-state index contributed by atoms with van der Waals surface area (Å²) in [4.78, 5) is 24.4. The first-order valence-electron chi connectivity index (χ1n) is 9.66. The molecule has 0 bridgehead atoms. The van der Waals surface area contributed by atoms with Crippen LogP contribution in [0.4, 0.5) is 5.69 Å². The molecule has 0 unspecified atom stereocenters. The van der Waals surface area contributed by atoms with E-state index in [0.29, 0.717) is 17.0 Å². The lowest BCUT2D eigenvalue weighted by Crippen LogP contribution is -2.29. The summed E-state index contributed by atoms with van der Waals surface area (Å²) in [5.41, 5.74) is 2.81. The largest absolute Gasteiger partial charge is 0.495 e. The van der Waals surface area contributed by atoms with Crippen LogP contribution < -0.4 is 15.4 Å². The Balaban J connectivity index is 1.61. The Hall–Kier alpha value is -3.80. The van der Waals surface area contributed by atoms with Gasteiger partial charge in [-0.2, -0.15) is 0 Å². The summed E-state index contributed by atoms with van der Waals surface area (Å²) in [5, 5.41) is 7.64. The maximum Gasteiger partial charge on any atom is 0.226 e. The summed E-state index contributed by atoms with van der Waals surface area (Å²) >= 11 is 0. The molecule has 0 fully saturated rings. The van der Waals surface area contributed by atoms with E-state index in [1.807, 2.05) is 60.7 Å². The van der Waals surface area contributed by atoms with Crippen molar-refractivity contribution in [1.29, 1.82) is 0 Å². The second-order valence-electron chi connectivity index (χ2n) is 7.06. The van der Waals surface area contributed by atoms with E-state index in [2.05, 4.69) is 10.6 Å². The summed E-state index contributed by atoms with van der Waals surface area (Å²) in [6.45, 7) is 1.44. The molecule has 0 aliphatic rings. The highest BCUT2D eigenvalue weighted by Crippen LogP contribution is 2.36. The Bertz CT molecular complexity index is 1210. The van der Waals surface area contributed by atoms with Gasteiger partial charge in [-0.15, -0.1) is 0 Å². The molecule has 1 aromatic heterocycles. The van der Waals surface area contributed by atoms with Crippen LogP contribution >= 0.6 is 0 Å². The van der Waals surface area contributed by atoms with Gasteiger partial charge in [0.15, 0.2) is 0 Å². The topological polar surface area (TPSA) is 80.6 Å². The third kappa shape index (κ3) is 3.98. The lowest BCUT2D eigenvalue weighted by Gasteiger charge is -2.18. The van der Waals surface area contributed by atoms with Crippen molar-refractivity contribution in [3.8, 4) is 5.75 Å². The first-order valence-corrected chi connectivity index (χ1v) is 9.66. The van der Waals surface area contributed by atoms with Gasteiger partial charge in [-0.05, 0) is 17.7 Å². The Labute approximate surface area is 173 Å². The van der Waals surface area contributed by atoms with E-state index < -0.39 is 6.04 Å². The number of hydrogen-bond acceptors (Lipinski definition) is 4. The number of furan rings is 1. The standard InChI is InChI=1S/C24H22N2O4/c1-15(27)25-19(16-8-4-3-5-9-16)14-24(28)26-20-13-22-18(12-23(20)29-2)17-10-6-7-11-21(17)30-22/h3-13,19H,14H2,1-2H3,(H,25,27)(H,26,28)/t19-/m0/s1. The minimum absolute atomic E-state index is 0.0882. The maximum absolute atomic E-state index is 12.8. The van der Waals surface area contributed by atoms with Crippen molar-refractivity contribution in [2.24, 2.45) is 0 Å². The van der Waals surface area contributed by atoms with Crippen molar-refractivity contribution >= 4 is 39.4 Å². The molecule has 2 N–H and O–H groups in total. The van der Waals surface area contributed by atoms with Crippen molar-refractivity contribution in [2.45, 2.75) is 19.4 Å². The average molecular weight is 402 g/mol. The van der Waals surface area contributed by atoms with Crippen molar-refractivity contribution in [1.82, 2.24) is 5.32 Å². The number of rotatable bonds is 6.